The van der Waals surface area contributed by atoms with Gasteiger partial charge in [0.25, 0.3) is 0 Å². The Morgan fingerprint density at radius 3 is 2.42 bits per heavy atom. The molecular weight excluding hydrogens is 236 g/mol. The van der Waals surface area contributed by atoms with E-state index in [0.717, 1.165) is 32.0 Å². The lowest BCUT2D eigenvalue weighted by molar-refractivity contribution is 0.577. The predicted octanol–water partition coefficient (Wildman–Crippen LogP) is 2.04. The van der Waals surface area contributed by atoms with Crippen molar-refractivity contribution in [2.75, 3.05) is 45.7 Å². The molecule has 1 aromatic rings. The minimum Gasteiger partial charge on any atom is -0.372 e. The molecule has 106 valence electrons. The number of nitrogens with one attached hydrogen (secondary N) is 1. The minimum absolute atomic E-state index is 0.933. The molecule has 0 heterocycles. The Labute approximate surface area is 117 Å². The molecule has 0 saturated heterocycles. The monoisotopic (exact) mass is 262 g/mol. The van der Waals surface area contributed by atoms with Crippen molar-refractivity contribution in [3.63, 3.8) is 0 Å². The molecule has 0 aliphatic rings. The Balaban J connectivity index is 2.35. The average Bonchev–Trinajstić information content (AvgIpc) is 2.43. The maximum atomic E-state index is 4.20. The largest absolute Gasteiger partial charge is 0.372 e. The number of para-hydroxylation sites is 1. The second kappa shape index (κ2) is 8.40. The van der Waals surface area contributed by atoms with Crippen LogP contribution < -0.4 is 10.2 Å². The molecular formula is C15H26N4. The summed E-state index contributed by atoms with van der Waals surface area (Å²) in [4.78, 5) is 8.58. The molecule has 1 N–H and O–H groups in total. The summed E-state index contributed by atoms with van der Waals surface area (Å²) in [6, 6.07) is 10.6. The van der Waals surface area contributed by atoms with E-state index < -0.39 is 0 Å². The third-order valence-electron chi connectivity index (χ3n) is 3.03. The summed E-state index contributed by atoms with van der Waals surface area (Å²) < 4.78 is 0. The van der Waals surface area contributed by atoms with Crippen LogP contribution in [0.2, 0.25) is 0 Å². The van der Waals surface area contributed by atoms with E-state index in [0.29, 0.717) is 0 Å². The molecule has 4 heteroatoms. The molecule has 0 radical (unpaired) electrons. The molecule has 0 aliphatic carbocycles. The molecule has 0 fully saturated rings. The summed E-state index contributed by atoms with van der Waals surface area (Å²) in [7, 11) is 5.81. The number of anilines is 1. The second-order valence-corrected chi connectivity index (χ2v) is 4.64. The fraction of sp³-hybridized carbons (Fsp3) is 0.533. The smallest absolute Gasteiger partial charge is 0.193 e. The highest BCUT2D eigenvalue weighted by Crippen LogP contribution is 2.12. The van der Waals surface area contributed by atoms with Crippen LogP contribution in [0, 0.1) is 0 Å². The van der Waals surface area contributed by atoms with E-state index in [1.54, 1.807) is 0 Å². The van der Waals surface area contributed by atoms with Crippen LogP contribution in [0.3, 0.4) is 0 Å². The summed E-state index contributed by atoms with van der Waals surface area (Å²) in [6.45, 7) is 5.22. The number of hydrogen-bond acceptors (Lipinski definition) is 2. The van der Waals surface area contributed by atoms with E-state index in [1.807, 2.05) is 26.0 Å². The summed E-state index contributed by atoms with van der Waals surface area (Å²) in [6.07, 6.45) is 1.09. The van der Waals surface area contributed by atoms with Crippen molar-refractivity contribution in [2.24, 2.45) is 4.99 Å². The first kappa shape index (κ1) is 15.3. The van der Waals surface area contributed by atoms with E-state index in [4.69, 9.17) is 0 Å². The van der Waals surface area contributed by atoms with Gasteiger partial charge in [-0.3, -0.25) is 4.99 Å². The third kappa shape index (κ3) is 5.20. The van der Waals surface area contributed by atoms with Crippen LogP contribution in [0.5, 0.6) is 0 Å². The molecule has 0 spiro atoms. The van der Waals surface area contributed by atoms with E-state index in [9.17, 15) is 0 Å². The maximum Gasteiger partial charge on any atom is 0.193 e. The number of guanidine groups is 1. The van der Waals surface area contributed by atoms with Crippen LogP contribution in [-0.2, 0) is 0 Å². The Kier molecular flexibility index (Phi) is 6.79. The van der Waals surface area contributed by atoms with Gasteiger partial charge in [-0.1, -0.05) is 18.2 Å². The Bertz CT molecular complexity index is 373. The van der Waals surface area contributed by atoms with Gasteiger partial charge >= 0.3 is 0 Å². The highest BCUT2D eigenvalue weighted by atomic mass is 15.3. The Morgan fingerprint density at radius 2 is 1.89 bits per heavy atom. The molecule has 1 rings (SSSR count). The van der Waals surface area contributed by atoms with Crippen molar-refractivity contribution in [1.82, 2.24) is 10.2 Å². The lowest BCUT2D eigenvalue weighted by Crippen LogP contribution is -2.38. The van der Waals surface area contributed by atoms with Crippen LogP contribution in [0.25, 0.3) is 0 Å². The van der Waals surface area contributed by atoms with Gasteiger partial charge in [0, 0.05) is 46.5 Å². The summed E-state index contributed by atoms with van der Waals surface area (Å²) in [5.74, 6) is 0.933. The van der Waals surface area contributed by atoms with Crippen LogP contribution in [0.4, 0.5) is 5.69 Å². The van der Waals surface area contributed by atoms with E-state index >= 15 is 0 Å². The van der Waals surface area contributed by atoms with Gasteiger partial charge in [-0.05, 0) is 25.5 Å². The van der Waals surface area contributed by atoms with Crippen LogP contribution in [-0.4, -0.2) is 51.6 Å². The molecule has 0 aliphatic heterocycles. The van der Waals surface area contributed by atoms with Gasteiger partial charge < -0.3 is 15.1 Å². The first-order chi connectivity index (χ1) is 9.19. The number of nitrogens with zero attached hydrogens (tertiary/aromatic N) is 3. The lowest BCUT2D eigenvalue weighted by atomic mass is 10.2. The van der Waals surface area contributed by atoms with Crippen molar-refractivity contribution < 1.29 is 0 Å². The van der Waals surface area contributed by atoms with E-state index in [2.05, 4.69) is 52.5 Å². The fourth-order valence-electron chi connectivity index (χ4n) is 2.02. The quantitative estimate of drug-likeness (QED) is 0.483. The van der Waals surface area contributed by atoms with Crippen molar-refractivity contribution in [3.05, 3.63) is 30.3 Å². The number of benzene rings is 1. The molecule has 0 saturated carbocycles. The van der Waals surface area contributed by atoms with E-state index in [1.165, 1.54) is 5.69 Å². The first-order valence-corrected chi connectivity index (χ1v) is 6.87. The van der Waals surface area contributed by atoms with Gasteiger partial charge in [0.15, 0.2) is 5.96 Å². The molecule has 0 bridgehead atoms. The topological polar surface area (TPSA) is 30.9 Å². The Morgan fingerprint density at radius 1 is 1.21 bits per heavy atom. The van der Waals surface area contributed by atoms with Crippen LogP contribution in [0.1, 0.15) is 13.3 Å². The van der Waals surface area contributed by atoms with Gasteiger partial charge in [0.1, 0.15) is 0 Å². The zero-order valence-electron chi connectivity index (χ0n) is 12.6. The molecule has 0 unspecified atom stereocenters. The van der Waals surface area contributed by atoms with Crippen molar-refractivity contribution >= 4 is 11.6 Å². The standard InChI is InChI=1S/C15H26N4/c1-5-19(14-10-7-6-8-11-14)13-9-12-17-15(16-2)18(3)4/h6-8,10-11H,5,9,12-13H2,1-4H3,(H,16,17). The molecule has 1 aromatic carbocycles. The summed E-state index contributed by atoms with van der Waals surface area (Å²) >= 11 is 0. The Hall–Kier alpha value is -1.71. The van der Waals surface area contributed by atoms with Crippen molar-refractivity contribution in [3.8, 4) is 0 Å². The predicted molar refractivity (Wildman–Crippen MR) is 84.0 cm³/mol. The third-order valence-corrected chi connectivity index (χ3v) is 3.03. The highest BCUT2D eigenvalue weighted by molar-refractivity contribution is 5.79. The number of aliphatic imine (C=N–C) groups is 1. The first-order valence-electron chi connectivity index (χ1n) is 6.87. The van der Waals surface area contributed by atoms with Crippen LogP contribution >= 0.6 is 0 Å². The second-order valence-electron chi connectivity index (χ2n) is 4.64. The maximum absolute atomic E-state index is 4.20. The molecule has 0 atom stereocenters. The average molecular weight is 262 g/mol. The zero-order valence-corrected chi connectivity index (χ0v) is 12.6. The molecule has 19 heavy (non-hydrogen) atoms. The highest BCUT2D eigenvalue weighted by Gasteiger charge is 2.03. The number of rotatable bonds is 6. The van der Waals surface area contributed by atoms with Gasteiger partial charge in [-0.2, -0.15) is 0 Å². The van der Waals surface area contributed by atoms with Crippen LogP contribution in [0.15, 0.2) is 35.3 Å². The zero-order chi connectivity index (χ0) is 14.1. The van der Waals surface area contributed by atoms with Crippen molar-refractivity contribution in [2.45, 2.75) is 13.3 Å². The van der Waals surface area contributed by atoms with Gasteiger partial charge in [-0.15, -0.1) is 0 Å². The van der Waals surface area contributed by atoms with Gasteiger partial charge in [0.05, 0.1) is 0 Å². The fourth-order valence-corrected chi connectivity index (χ4v) is 2.02. The summed E-state index contributed by atoms with van der Waals surface area (Å²) in [5.41, 5.74) is 1.29. The molecule has 0 aromatic heterocycles. The minimum atomic E-state index is 0.933. The summed E-state index contributed by atoms with van der Waals surface area (Å²) in [5, 5.41) is 3.35. The normalized spacial score (nSPS) is 11.3. The molecule has 0 amide bonds. The van der Waals surface area contributed by atoms with Crippen molar-refractivity contribution in [1.29, 1.82) is 0 Å². The van der Waals surface area contributed by atoms with Gasteiger partial charge in [-0.25, -0.2) is 0 Å². The number of hydrogen-bond donors (Lipinski definition) is 1. The molecule has 4 nitrogen and oxygen atoms in total. The van der Waals surface area contributed by atoms with E-state index in [-0.39, 0.29) is 0 Å². The lowest BCUT2D eigenvalue weighted by Gasteiger charge is -2.23. The SMILES string of the molecule is CCN(CCCNC(=NC)N(C)C)c1ccccc1. The van der Waals surface area contributed by atoms with Gasteiger partial charge in [0.2, 0.25) is 0 Å².